The molecule has 1 unspecified atom stereocenters. The number of nitrogens with two attached hydrogens (primary N) is 1. The molecule has 1 saturated carbocycles. The van der Waals surface area contributed by atoms with Crippen LogP contribution in [-0.2, 0) is 0 Å². The van der Waals surface area contributed by atoms with Gasteiger partial charge in [0.25, 0.3) is 0 Å². The average Bonchev–Trinajstić information content (AvgIpc) is 2.76. The summed E-state index contributed by atoms with van der Waals surface area (Å²) in [6.07, 6.45) is 9.53. The molecule has 1 aliphatic carbocycles. The molecule has 2 rings (SSSR count). The van der Waals surface area contributed by atoms with Crippen molar-refractivity contribution in [1.29, 1.82) is 0 Å². The standard InChI is InChI=1S/C15H23Br2NS/c1-2-3-4-10-5-7-11(8-6-10)14(18)13-9-12(16)15(17)19-13/h9-11,14H,2-8,18H2,1H3. The molecule has 1 nitrogen and oxygen atoms in total. The SMILES string of the molecule is CCCCC1CCC(C(N)c2cc(Br)c(Br)s2)CC1. The van der Waals surface area contributed by atoms with E-state index in [2.05, 4.69) is 44.8 Å². The highest BCUT2D eigenvalue weighted by Gasteiger charge is 2.27. The minimum Gasteiger partial charge on any atom is -0.323 e. The summed E-state index contributed by atoms with van der Waals surface area (Å²) in [4.78, 5) is 1.32. The van der Waals surface area contributed by atoms with Gasteiger partial charge in [-0.1, -0.05) is 39.0 Å². The second-order valence-electron chi connectivity index (χ2n) is 5.72. The molecule has 1 fully saturated rings. The van der Waals surface area contributed by atoms with Gasteiger partial charge >= 0.3 is 0 Å². The van der Waals surface area contributed by atoms with Gasteiger partial charge in [0.2, 0.25) is 0 Å². The Balaban J connectivity index is 1.87. The Bertz CT molecular complexity index is 377. The van der Waals surface area contributed by atoms with E-state index in [9.17, 15) is 0 Å². The van der Waals surface area contributed by atoms with E-state index in [1.165, 1.54) is 49.8 Å². The van der Waals surface area contributed by atoms with Crippen molar-refractivity contribution in [3.05, 3.63) is 19.2 Å². The molecule has 1 aliphatic rings. The Morgan fingerprint density at radius 2 is 2.00 bits per heavy atom. The summed E-state index contributed by atoms with van der Waals surface area (Å²) in [5.41, 5.74) is 6.47. The van der Waals surface area contributed by atoms with Gasteiger partial charge in [-0.15, -0.1) is 11.3 Å². The van der Waals surface area contributed by atoms with E-state index < -0.39 is 0 Å². The molecular formula is C15H23Br2NS. The summed E-state index contributed by atoms with van der Waals surface area (Å²) in [6.45, 7) is 2.29. The van der Waals surface area contributed by atoms with Crippen LogP contribution in [0.1, 0.15) is 62.8 Å². The van der Waals surface area contributed by atoms with Gasteiger partial charge in [0, 0.05) is 15.4 Å². The summed E-state index contributed by atoms with van der Waals surface area (Å²) in [6, 6.07) is 2.41. The van der Waals surface area contributed by atoms with Crippen LogP contribution in [0, 0.1) is 11.8 Å². The van der Waals surface area contributed by atoms with E-state index in [1.807, 2.05) is 0 Å². The van der Waals surface area contributed by atoms with Crippen molar-refractivity contribution in [1.82, 2.24) is 0 Å². The molecule has 1 aromatic heterocycles. The van der Waals surface area contributed by atoms with Gasteiger partial charge in [0.05, 0.1) is 3.79 Å². The number of rotatable bonds is 5. The molecule has 0 aliphatic heterocycles. The van der Waals surface area contributed by atoms with Gasteiger partial charge in [-0.2, -0.15) is 0 Å². The van der Waals surface area contributed by atoms with E-state index in [-0.39, 0.29) is 6.04 Å². The second-order valence-corrected chi connectivity index (χ2v) is 8.98. The topological polar surface area (TPSA) is 26.0 Å². The quantitative estimate of drug-likeness (QED) is 0.610. The molecule has 19 heavy (non-hydrogen) atoms. The van der Waals surface area contributed by atoms with E-state index in [0.717, 1.165) is 14.2 Å². The van der Waals surface area contributed by atoms with Crippen molar-refractivity contribution in [3.8, 4) is 0 Å². The zero-order valence-electron chi connectivity index (χ0n) is 11.5. The van der Waals surface area contributed by atoms with Crippen LogP contribution in [-0.4, -0.2) is 0 Å². The first-order valence-electron chi connectivity index (χ1n) is 7.32. The maximum absolute atomic E-state index is 6.47. The fraction of sp³-hybridized carbons (Fsp3) is 0.733. The zero-order valence-corrected chi connectivity index (χ0v) is 15.5. The minimum absolute atomic E-state index is 0.222. The van der Waals surface area contributed by atoms with Crippen LogP contribution in [0.2, 0.25) is 0 Å². The summed E-state index contributed by atoms with van der Waals surface area (Å²) in [5, 5.41) is 0. The Hall–Kier alpha value is 0.620. The van der Waals surface area contributed by atoms with Crippen molar-refractivity contribution in [2.24, 2.45) is 17.6 Å². The van der Waals surface area contributed by atoms with Crippen LogP contribution < -0.4 is 5.73 Å². The number of unbranched alkanes of at least 4 members (excludes halogenated alkanes) is 1. The van der Waals surface area contributed by atoms with Gasteiger partial charge in [-0.3, -0.25) is 0 Å². The summed E-state index contributed by atoms with van der Waals surface area (Å²) in [7, 11) is 0. The van der Waals surface area contributed by atoms with Crippen LogP contribution in [0.15, 0.2) is 14.3 Å². The van der Waals surface area contributed by atoms with E-state index >= 15 is 0 Å². The third-order valence-corrected chi connectivity index (χ3v) is 7.72. The minimum atomic E-state index is 0.222. The van der Waals surface area contributed by atoms with Crippen LogP contribution in [0.25, 0.3) is 0 Å². The lowest BCUT2D eigenvalue weighted by Crippen LogP contribution is -2.25. The predicted octanol–water partition coefficient (Wildman–Crippen LogP) is 6.27. The molecule has 1 heterocycles. The summed E-state index contributed by atoms with van der Waals surface area (Å²) >= 11 is 8.89. The number of hydrogen-bond acceptors (Lipinski definition) is 2. The molecule has 1 atom stereocenters. The fourth-order valence-electron chi connectivity index (χ4n) is 3.09. The normalized spacial score (nSPS) is 25.5. The van der Waals surface area contributed by atoms with E-state index in [0.29, 0.717) is 5.92 Å². The van der Waals surface area contributed by atoms with Crippen LogP contribution >= 0.6 is 43.2 Å². The highest BCUT2D eigenvalue weighted by atomic mass is 79.9. The Kier molecular flexibility index (Phi) is 6.38. The second kappa shape index (κ2) is 7.58. The smallest absolute Gasteiger partial charge is 0.0843 e. The molecule has 108 valence electrons. The van der Waals surface area contributed by atoms with Gasteiger partial charge < -0.3 is 5.73 Å². The monoisotopic (exact) mass is 407 g/mol. The molecule has 0 saturated heterocycles. The van der Waals surface area contributed by atoms with Crippen LogP contribution in [0.4, 0.5) is 0 Å². The average molecular weight is 409 g/mol. The maximum atomic E-state index is 6.47. The van der Waals surface area contributed by atoms with Crippen molar-refractivity contribution in [3.63, 3.8) is 0 Å². The third kappa shape index (κ3) is 4.29. The largest absolute Gasteiger partial charge is 0.323 e. The number of thiophene rings is 1. The van der Waals surface area contributed by atoms with Crippen LogP contribution in [0.5, 0.6) is 0 Å². The highest BCUT2D eigenvalue weighted by Crippen LogP contribution is 2.42. The maximum Gasteiger partial charge on any atom is 0.0843 e. The van der Waals surface area contributed by atoms with E-state index in [4.69, 9.17) is 5.73 Å². The molecular weight excluding hydrogens is 386 g/mol. The lowest BCUT2D eigenvalue weighted by atomic mass is 9.77. The highest BCUT2D eigenvalue weighted by molar-refractivity contribution is 9.13. The Morgan fingerprint density at radius 3 is 2.53 bits per heavy atom. The third-order valence-electron chi connectivity index (χ3n) is 4.36. The Morgan fingerprint density at radius 1 is 1.32 bits per heavy atom. The first kappa shape index (κ1) is 16.0. The molecule has 1 aromatic rings. The van der Waals surface area contributed by atoms with Gasteiger partial charge in [0.1, 0.15) is 0 Å². The van der Waals surface area contributed by atoms with Crippen LogP contribution in [0.3, 0.4) is 0 Å². The lowest BCUT2D eigenvalue weighted by Gasteiger charge is -2.31. The molecule has 0 aromatic carbocycles. The van der Waals surface area contributed by atoms with E-state index in [1.54, 1.807) is 11.3 Å². The lowest BCUT2D eigenvalue weighted by molar-refractivity contribution is 0.234. The van der Waals surface area contributed by atoms with Gasteiger partial charge in [-0.25, -0.2) is 0 Å². The van der Waals surface area contributed by atoms with Gasteiger partial charge in [0.15, 0.2) is 0 Å². The molecule has 0 amide bonds. The molecule has 0 radical (unpaired) electrons. The van der Waals surface area contributed by atoms with Crippen molar-refractivity contribution < 1.29 is 0 Å². The first-order valence-corrected chi connectivity index (χ1v) is 9.72. The predicted molar refractivity (Wildman–Crippen MR) is 91.6 cm³/mol. The zero-order chi connectivity index (χ0) is 13.8. The Labute approximate surface area is 137 Å². The number of halogens is 2. The molecule has 4 heteroatoms. The summed E-state index contributed by atoms with van der Waals surface area (Å²) in [5.74, 6) is 1.64. The molecule has 2 N–H and O–H groups in total. The fourth-order valence-corrected chi connectivity index (χ4v) is 5.27. The van der Waals surface area contributed by atoms with Crippen molar-refractivity contribution in [2.75, 3.05) is 0 Å². The number of hydrogen-bond donors (Lipinski definition) is 1. The van der Waals surface area contributed by atoms with Crippen molar-refractivity contribution in [2.45, 2.75) is 57.9 Å². The summed E-state index contributed by atoms with van der Waals surface area (Å²) < 4.78 is 2.30. The molecule has 0 bridgehead atoms. The van der Waals surface area contributed by atoms with Crippen molar-refractivity contribution >= 4 is 43.2 Å². The first-order chi connectivity index (χ1) is 9.11. The molecule has 0 spiro atoms. The van der Waals surface area contributed by atoms with Gasteiger partial charge in [-0.05, 0) is 62.6 Å².